The highest BCUT2D eigenvalue weighted by Gasteiger charge is 2.30. The van der Waals surface area contributed by atoms with E-state index in [-0.39, 0.29) is 5.91 Å². The Bertz CT molecular complexity index is 779. The number of amides is 1. The number of carbonyl (C=O) groups is 1. The molecule has 2 aromatic heterocycles. The van der Waals surface area contributed by atoms with Gasteiger partial charge in [-0.3, -0.25) is 15.0 Å². The Balaban J connectivity index is 1.38. The van der Waals surface area contributed by atoms with Crippen molar-refractivity contribution in [3.8, 4) is 0 Å². The Morgan fingerprint density at radius 1 is 1.36 bits per heavy atom. The van der Waals surface area contributed by atoms with Gasteiger partial charge in [-0.15, -0.1) is 0 Å². The Kier molecular flexibility index (Phi) is 4.33. The number of nitrogens with zero attached hydrogens (tertiary/aromatic N) is 4. The molecular weight excluding hydrogens is 318 g/mol. The van der Waals surface area contributed by atoms with Crippen LogP contribution in [0.25, 0.3) is 0 Å². The molecule has 0 radical (unpaired) electrons. The third kappa shape index (κ3) is 3.33. The lowest BCUT2D eigenvalue weighted by Gasteiger charge is -2.21. The van der Waals surface area contributed by atoms with Gasteiger partial charge in [0.2, 0.25) is 11.8 Å². The number of imidazole rings is 1. The van der Waals surface area contributed by atoms with E-state index in [2.05, 4.69) is 26.9 Å². The quantitative estimate of drug-likeness (QED) is 0.921. The van der Waals surface area contributed by atoms with E-state index in [1.54, 1.807) is 6.07 Å². The number of hydrogen-bond donors (Lipinski definition) is 1. The summed E-state index contributed by atoms with van der Waals surface area (Å²) < 4.78 is 7.48. The molecule has 0 saturated carbocycles. The fourth-order valence-electron chi connectivity index (χ4n) is 4.15. The smallest absolute Gasteiger partial charge is 0.240 e. The first kappa shape index (κ1) is 16.3. The van der Waals surface area contributed by atoms with Crippen LogP contribution in [0.4, 0.5) is 5.88 Å². The minimum atomic E-state index is -0.0545. The van der Waals surface area contributed by atoms with Crippen molar-refractivity contribution in [3.63, 3.8) is 0 Å². The molecule has 2 aromatic rings. The number of anilines is 1. The summed E-state index contributed by atoms with van der Waals surface area (Å²) in [4.78, 5) is 19.2. The zero-order valence-electron chi connectivity index (χ0n) is 14.9. The number of nitrogens with one attached hydrogen (secondary N) is 1. The van der Waals surface area contributed by atoms with Gasteiger partial charge in [0.15, 0.2) is 0 Å². The van der Waals surface area contributed by atoms with Gasteiger partial charge in [0.05, 0.1) is 17.9 Å². The van der Waals surface area contributed by atoms with Crippen LogP contribution in [-0.2, 0) is 17.6 Å². The molecule has 3 heterocycles. The zero-order chi connectivity index (χ0) is 17.4. The molecule has 0 spiro atoms. The fraction of sp³-hybridized carbons (Fsp3) is 0.611. The topological polar surface area (TPSA) is 76.2 Å². The van der Waals surface area contributed by atoms with Crippen LogP contribution in [0.1, 0.15) is 48.2 Å². The summed E-state index contributed by atoms with van der Waals surface area (Å²) >= 11 is 0. The van der Waals surface area contributed by atoms with Crippen molar-refractivity contribution in [2.45, 2.75) is 52.0 Å². The Labute approximate surface area is 147 Å². The molecule has 25 heavy (non-hydrogen) atoms. The monoisotopic (exact) mass is 343 g/mol. The van der Waals surface area contributed by atoms with Gasteiger partial charge in [-0.05, 0) is 46.0 Å². The number of likely N-dealkylation sites (tertiary alicyclic amines) is 1. The lowest BCUT2D eigenvalue weighted by molar-refractivity contribution is -0.117. The maximum absolute atomic E-state index is 12.2. The van der Waals surface area contributed by atoms with Crippen LogP contribution < -0.4 is 5.32 Å². The van der Waals surface area contributed by atoms with E-state index in [0.29, 0.717) is 18.5 Å². The standard InChI is InChI=1S/C18H25N5O2/c1-12-9-18(25-21-12)20-17(24)11-22-8-7-14(10-22)23-13(2)19-15-5-3-4-6-16(15)23/h9,14H,3-8,10-11H2,1-2H3,(H,20,24)/t14-/m0/s1. The lowest BCUT2D eigenvalue weighted by Crippen LogP contribution is -2.32. The number of hydrogen-bond acceptors (Lipinski definition) is 5. The molecule has 0 bridgehead atoms. The van der Waals surface area contributed by atoms with Crippen molar-refractivity contribution in [1.82, 2.24) is 19.6 Å². The normalized spacial score (nSPS) is 20.6. The molecule has 7 heteroatoms. The average Bonchev–Trinajstić information content (AvgIpc) is 3.26. The van der Waals surface area contributed by atoms with Crippen molar-refractivity contribution in [1.29, 1.82) is 0 Å². The minimum absolute atomic E-state index is 0.0545. The molecule has 1 atom stereocenters. The van der Waals surface area contributed by atoms with E-state index >= 15 is 0 Å². The third-order valence-corrected chi connectivity index (χ3v) is 5.22. The summed E-state index contributed by atoms with van der Waals surface area (Å²) in [7, 11) is 0. The number of aryl methyl sites for hydroxylation is 3. The predicted octanol–water partition coefficient (Wildman–Crippen LogP) is 2.25. The molecule has 1 amide bonds. The first-order valence-electron chi connectivity index (χ1n) is 9.12. The first-order chi connectivity index (χ1) is 12.1. The summed E-state index contributed by atoms with van der Waals surface area (Å²) in [6, 6.07) is 2.15. The number of rotatable bonds is 4. The number of aromatic nitrogens is 3. The minimum Gasteiger partial charge on any atom is -0.338 e. The molecule has 1 aliphatic carbocycles. The molecular formula is C18H25N5O2. The van der Waals surface area contributed by atoms with E-state index in [1.807, 2.05) is 6.92 Å². The van der Waals surface area contributed by atoms with E-state index in [9.17, 15) is 4.79 Å². The van der Waals surface area contributed by atoms with Gasteiger partial charge in [0, 0.05) is 30.9 Å². The molecule has 2 aliphatic rings. The third-order valence-electron chi connectivity index (χ3n) is 5.22. The molecule has 1 fully saturated rings. The van der Waals surface area contributed by atoms with Gasteiger partial charge in [0.25, 0.3) is 0 Å². The molecule has 0 aromatic carbocycles. The molecule has 1 N–H and O–H groups in total. The van der Waals surface area contributed by atoms with Gasteiger partial charge >= 0.3 is 0 Å². The van der Waals surface area contributed by atoms with Crippen LogP contribution in [-0.4, -0.2) is 45.1 Å². The predicted molar refractivity (Wildman–Crippen MR) is 93.6 cm³/mol. The Hall–Kier alpha value is -2.15. The molecule has 0 unspecified atom stereocenters. The highest BCUT2D eigenvalue weighted by molar-refractivity contribution is 5.90. The Morgan fingerprint density at radius 3 is 3.00 bits per heavy atom. The fourth-order valence-corrected chi connectivity index (χ4v) is 4.15. The van der Waals surface area contributed by atoms with Gasteiger partial charge in [-0.25, -0.2) is 4.98 Å². The van der Waals surface area contributed by atoms with Crippen LogP contribution in [0.3, 0.4) is 0 Å². The highest BCUT2D eigenvalue weighted by atomic mass is 16.5. The van der Waals surface area contributed by atoms with E-state index < -0.39 is 0 Å². The van der Waals surface area contributed by atoms with Crippen molar-refractivity contribution < 1.29 is 9.32 Å². The SMILES string of the molecule is Cc1cc(NC(=O)CN2CC[C@H](n3c(C)nc4c3CCCC4)C2)on1. The zero-order valence-corrected chi connectivity index (χ0v) is 14.9. The highest BCUT2D eigenvalue weighted by Crippen LogP contribution is 2.30. The van der Waals surface area contributed by atoms with Gasteiger partial charge in [-0.1, -0.05) is 5.16 Å². The van der Waals surface area contributed by atoms with E-state index in [4.69, 9.17) is 9.51 Å². The van der Waals surface area contributed by atoms with E-state index in [0.717, 1.165) is 43.9 Å². The Morgan fingerprint density at radius 2 is 2.20 bits per heavy atom. The first-order valence-corrected chi connectivity index (χ1v) is 9.12. The molecule has 134 valence electrons. The maximum atomic E-state index is 12.2. The van der Waals surface area contributed by atoms with Gasteiger partial charge in [-0.2, -0.15) is 0 Å². The van der Waals surface area contributed by atoms with Crippen LogP contribution in [0.5, 0.6) is 0 Å². The molecule has 4 rings (SSSR count). The maximum Gasteiger partial charge on any atom is 0.240 e. The average molecular weight is 343 g/mol. The second-order valence-corrected chi connectivity index (χ2v) is 7.19. The number of carbonyl (C=O) groups excluding carboxylic acids is 1. The second kappa shape index (κ2) is 6.63. The van der Waals surface area contributed by atoms with Crippen LogP contribution in [0.2, 0.25) is 0 Å². The number of fused-ring (bicyclic) bond motifs is 1. The summed E-state index contributed by atoms with van der Waals surface area (Å²) in [6.45, 7) is 6.15. The molecule has 1 saturated heterocycles. The van der Waals surface area contributed by atoms with Crippen molar-refractivity contribution in [3.05, 3.63) is 29.0 Å². The van der Waals surface area contributed by atoms with Crippen LogP contribution in [0.15, 0.2) is 10.6 Å². The molecule has 7 nitrogen and oxygen atoms in total. The second-order valence-electron chi connectivity index (χ2n) is 7.19. The largest absolute Gasteiger partial charge is 0.338 e. The van der Waals surface area contributed by atoms with E-state index in [1.165, 1.54) is 24.2 Å². The summed E-state index contributed by atoms with van der Waals surface area (Å²) in [5.41, 5.74) is 3.48. The van der Waals surface area contributed by atoms with Gasteiger partial charge < -0.3 is 9.09 Å². The molecule has 1 aliphatic heterocycles. The van der Waals surface area contributed by atoms with Crippen molar-refractivity contribution in [2.24, 2.45) is 0 Å². The van der Waals surface area contributed by atoms with Crippen molar-refractivity contribution in [2.75, 3.05) is 25.0 Å². The summed E-state index contributed by atoms with van der Waals surface area (Å²) in [5, 5.41) is 6.56. The van der Waals surface area contributed by atoms with Crippen LogP contribution >= 0.6 is 0 Å². The van der Waals surface area contributed by atoms with Gasteiger partial charge in [0.1, 0.15) is 5.82 Å². The van der Waals surface area contributed by atoms with Crippen LogP contribution in [0, 0.1) is 13.8 Å². The van der Waals surface area contributed by atoms with Crippen molar-refractivity contribution >= 4 is 11.8 Å². The lowest BCUT2D eigenvalue weighted by atomic mass is 10.0. The summed E-state index contributed by atoms with van der Waals surface area (Å²) in [5.74, 6) is 1.49. The summed E-state index contributed by atoms with van der Waals surface area (Å²) in [6.07, 6.45) is 5.82.